The topological polar surface area (TPSA) is 231 Å². The van der Waals surface area contributed by atoms with Crippen molar-refractivity contribution in [2.45, 2.75) is 270 Å². The fourth-order valence-electron chi connectivity index (χ4n) is 8.17. The third-order valence-electron chi connectivity index (χ3n) is 13.1. The van der Waals surface area contributed by atoms with Crippen LogP contribution in [-0.4, -0.2) is 95.9 Å². The zero-order chi connectivity index (χ0) is 61.0. The van der Waals surface area contributed by atoms with E-state index >= 15 is 0 Å². The molecule has 0 bridgehead atoms. The van der Waals surface area contributed by atoms with Gasteiger partial charge >= 0.3 is 33.6 Å². The van der Waals surface area contributed by atoms with Crippen molar-refractivity contribution in [2.24, 2.45) is 0 Å². The molecule has 0 rings (SSSR count). The lowest BCUT2D eigenvalue weighted by atomic mass is 10.1. The van der Waals surface area contributed by atoms with E-state index < -0.39 is 91.5 Å². The maximum absolute atomic E-state index is 12.9. The molecule has 0 aromatic carbocycles. The van der Waals surface area contributed by atoms with Crippen molar-refractivity contribution in [1.29, 1.82) is 0 Å². The van der Waals surface area contributed by atoms with Crippen molar-refractivity contribution in [3.63, 3.8) is 0 Å². The predicted octanol–water partition coefficient (Wildman–Crippen LogP) is 17.0. The third kappa shape index (κ3) is 60.2. The van der Waals surface area contributed by atoms with E-state index in [1.807, 2.05) is 0 Å². The standard InChI is InChI=1S/C65H114O16P2/c1-4-7-10-13-16-19-22-25-28-29-32-34-36-39-42-45-48-51-63(68)75-54-60(66)55-77-82(71,72)78-56-61(67)57-79-83(73,74)80-59-62(81-65(70)53-50-47-44-41-38-35-31-27-24-21-18-15-12-9-6-3)58-76-64(69)52-49-46-43-40-37-33-30-26-23-20-17-14-11-8-5-2/h7,10,16-21,25-28,30-31,60-62,66-67H,4-6,8-9,11-15,22-24,29,32-59H2,1-3H3,(H,71,72)(H,73,74)/b10-7-,19-16-,20-17-,21-18-,28-25-,30-26-,31-27-. The molecule has 0 aliphatic heterocycles. The number of aliphatic hydroxyl groups excluding tert-OH is 2. The number of hydrogen-bond donors (Lipinski definition) is 4. The molecule has 0 aromatic heterocycles. The minimum absolute atomic E-state index is 0.0853. The molecule has 0 spiro atoms. The van der Waals surface area contributed by atoms with Gasteiger partial charge in [-0.3, -0.25) is 32.5 Å². The van der Waals surface area contributed by atoms with Crippen molar-refractivity contribution in [2.75, 3.05) is 39.6 Å². The second-order valence-electron chi connectivity index (χ2n) is 21.2. The first-order valence-electron chi connectivity index (χ1n) is 31.9. The van der Waals surface area contributed by atoms with Gasteiger partial charge in [-0.25, -0.2) is 9.13 Å². The van der Waals surface area contributed by atoms with Crippen molar-refractivity contribution < 1.29 is 75.8 Å². The molecule has 4 N–H and O–H groups in total. The van der Waals surface area contributed by atoms with Crippen LogP contribution in [0.2, 0.25) is 0 Å². The van der Waals surface area contributed by atoms with Gasteiger partial charge in [-0.2, -0.15) is 0 Å². The zero-order valence-corrected chi connectivity index (χ0v) is 53.4. The lowest BCUT2D eigenvalue weighted by molar-refractivity contribution is -0.161. The lowest BCUT2D eigenvalue weighted by Crippen LogP contribution is -2.30. The highest BCUT2D eigenvalue weighted by atomic mass is 31.2. The molecule has 83 heavy (non-hydrogen) atoms. The van der Waals surface area contributed by atoms with E-state index in [1.165, 1.54) is 38.5 Å². The van der Waals surface area contributed by atoms with E-state index in [-0.39, 0.29) is 19.3 Å². The van der Waals surface area contributed by atoms with Crippen LogP contribution in [0, 0.1) is 0 Å². The van der Waals surface area contributed by atoms with E-state index in [4.69, 9.17) is 32.3 Å². The maximum atomic E-state index is 12.9. The fraction of sp³-hybridized carbons (Fsp3) is 0.738. The van der Waals surface area contributed by atoms with Crippen molar-refractivity contribution in [1.82, 2.24) is 0 Å². The first kappa shape index (κ1) is 79.7. The maximum Gasteiger partial charge on any atom is 0.472 e. The molecule has 0 aliphatic carbocycles. The SMILES string of the molecule is CC/C=C\C/C=C\C/C=C\CCCCCCCCCC(=O)OCC(O)COP(=O)(O)OCC(O)COP(=O)(O)OCC(COC(=O)CCCCCCC/C=C\C/C=C\CCCCC)OC(=O)CCCCCCC/C=C\C/C=C\CCCCC. The summed E-state index contributed by atoms with van der Waals surface area (Å²) in [4.78, 5) is 58.2. The molecule has 0 aromatic rings. The highest BCUT2D eigenvalue weighted by Gasteiger charge is 2.29. The number of ether oxygens (including phenoxy) is 3. The van der Waals surface area contributed by atoms with Gasteiger partial charge in [-0.05, 0) is 116 Å². The Labute approximate surface area is 502 Å². The van der Waals surface area contributed by atoms with Gasteiger partial charge in [0.25, 0.3) is 0 Å². The van der Waals surface area contributed by atoms with Crippen LogP contribution in [0.3, 0.4) is 0 Å². The number of phosphoric acid groups is 2. The predicted molar refractivity (Wildman–Crippen MR) is 334 cm³/mol. The van der Waals surface area contributed by atoms with Gasteiger partial charge < -0.3 is 34.2 Å². The van der Waals surface area contributed by atoms with Gasteiger partial charge in [-0.15, -0.1) is 0 Å². The van der Waals surface area contributed by atoms with Crippen LogP contribution >= 0.6 is 15.6 Å². The third-order valence-corrected chi connectivity index (χ3v) is 15.0. The van der Waals surface area contributed by atoms with Crippen molar-refractivity contribution in [3.8, 4) is 0 Å². The lowest BCUT2D eigenvalue weighted by Gasteiger charge is -2.21. The number of rotatable bonds is 60. The minimum atomic E-state index is -4.93. The van der Waals surface area contributed by atoms with E-state index in [2.05, 4.69) is 106 Å². The van der Waals surface area contributed by atoms with Gasteiger partial charge in [0.2, 0.25) is 0 Å². The van der Waals surface area contributed by atoms with E-state index in [9.17, 15) is 43.5 Å². The Morgan fingerprint density at radius 2 is 0.639 bits per heavy atom. The number of hydrogen-bond acceptors (Lipinski definition) is 14. The van der Waals surface area contributed by atoms with Crippen LogP contribution in [0.25, 0.3) is 0 Å². The number of phosphoric ester groups is 2. The number of carbonyl (C=O) groups is 3. The Kier molecular flexibility index (Phi) is 56.8. The summed E-state index contributed by atoms with van der Waals surface area (Å²) in [5.41, 5.74) is 0. The summed E-state index contributed by atoms with van der Waals surface area (Å²) in [5.74, 6) is -1.61. The minimum Gasteiger partial charge on any atom is -0.463 e. The Balaban J connectivity index is 4.72. The van der Waals surface area contributed by atoms with Crippen molar-refractivity contribution >= 4 is 33.6 Å². The molecule has 0 saturated heterocycles. The van der Waals surface area contributed by atoms with Crippen LogP contribution in [-0.2, 0) is 55.8 Å². The number of allylic oxidation sites excluding steroid dienone is 14. The number of esters is 3. The smallest absolute Gasteiger partial charge is 0.463 e. The van der Waals surface area contributed by atoms with Crippen LogP contribution in [0.1, 0.15) is 252 Å². The Morgan fingerprint density at radius 1 is 0.349 bits per heavy atom. The Morgan fingerprint density at radius 3 is 1.01 bits per heavy atom. The average Bonchev–Trinajstić information content (AvgIpc) is 3.47. The van der Waals surface area contributed by atoms with Gasteiger partial charge in [0.15, 0.2) is 6.10 Å². The van der Waals surface area contributed by atoms with Gasteiger partial charge in [0.05, 0.1) is 26.4 Å². The number of unbranched alkanes of at least 4 members (excludes halogenated alkanes) is 23. The zero-order valence-electron chi connectivity index (χ0n) is 51.6. The van der Waals surface area contributed by atoms with E-state index in [0.717, 1.165) is 154 Å². The number of aliphatic hydroxyl groups is 2. The van der Waals surface area contributed by atoms with Gasteiger partial charge in [0.1, 0.15) is 25.4 Å². The largest absolute Gasteiger partial charge is 0.472 e. The molecule has 0 aliphatic rings. The van der Waals surface area contributed by atoms with E-state index in [1.54, 1.807) is 0 Å². The highest BCUT2D eigenvalue weighted by Crippen LogP contribution is 2.45. The summed E-state index contributed by atoms with van der Waals surface area (Å²) in [6.07, 6.45) is 60.6. The second-order valence-corrected chi connectivity index (χ2v) is 24.1. The van der Waals surface area contributed by atoms with Crippen LogP contribution in [0.15, 0.2) is 85.1 Å². The Hall–Kier alpha value is -3.27. The molecule has 0 amide bonds. The van der Waals surface area contributed by atoms with E-state index in [0.29, 0.717) is 19.3 Å². The molecule has 0 radical (unpaired) electrons. The molecule has 480 valence electrons. The summed E-state index contributed by atoms with van der Waals surface area (Å²) in [7, 11) is -9.77. The Bertz CT molecular complexity index is 1860. The van der Waals surface area contributed by atoms with Gasteiger partial charge in [0, 0.05) is 19.3 Å². The van der Waals surface area contributed by atoms with Crippen LogP contribution in [0.5, 0.6) is 0 Å². The molecule has 0 saturated carbocycles. The monoisotopic (exact) mass is 1210 g/mol. The average molecular weight is 1210 g/mol. The normalized spacial score (nSPS) is 14.9. The summed E-state index contributed by atoms with van der Waals surface area (Å²) in [6.45, 7) is 2.45. The summed E-state index contributed by atoms with van der Waals surface area (Å²) < 4.78 is 60.7. The molecule has 5 atom stereocenters. The molecular weight excluding hydrogens is 1100 g/mol. The molecule has 5 unspecified atom stereocenters. The molecule has 0 fully saturated rings. The molecule has 18 heteroatoms. The summed E-state index contributed by atoms with van der Waals surface area (Å²) in [5, 5.41) is 20.5. The van der Waals surface area contributed by atoms with Crippen LogP contribution in [0.4, 0.5) is 0 Å². The fourth-order valence-corrected chi connectivity index (χ4v) is 9.76. The van der Waals surface area contributed by atoms with Gasteiger partial charge in [-0.1, -0.05) is 202 Å². The molecular formula is C65H114O16P2. The first-order valence-corrected chi connectivity index (χ1v) is 34.9. The number of carbonyl (C=O) groups excluding carboxylic acids is 3. The second kappa shape index (κ2) is 59.1. The van der Waals surface area contributed by atoms with Crippen LogP contribution < -0.4 is 0 Å². The summed E-state index contributed by atoms with van der Waals surface area (Å²) in [6, 6.07) is 0. The molecule has 16 nitrogen and oxygen atoms in total. The summed E-state index contributed by atoms with van der Waals surface area (Å²) >= 11 is 0. The first-order chi connectivity index (χ1) is 40.2. The van der Waals surface area contributed by atoms with Crippen molar-refractivity contribution in [3.05, 3.63) is 85.1 Å². The quantitative estimate of drug-likeness (QED) is 0.0146. The highest BCUT2D eigenvalue weighted by molar-refractivity contribution is 7.47. The molecule has 0 heterocycles.